The maximum atomic E-state index is 13.3. The van der Waals surface area contributed by atoms with Crippen LogP contribution in [-0.4, -0.2) is 72.7 Å². The average Bonchev–Trinajstić information content (AvgIpc) is 3.32. The van der Waals surface area contributed by atoms with Crippen molar-refractivity contribution in [2.75, 3.05) is 49.6 Å². The number of rotatable bonds is 3. The highest BCUT2D eigenvalue weighted by Crippen LogP contribution is 2.43. The Morgan fingerprint density at radius 1 is 1.06 bits per heavy atom. The zero-order valence-corrected chi connectivity index (χ0v) is 21.2. The molecular weight excluding hydrogens is 464 g/mol. The molecule has 9 heteroatoms. The predicted octanol–water partition coefficient (Wildman–Crippen LogP) is 3.61. The van der Waals surface area contributed by atoms with Crippen molar-refractivity contribution >= 4 is 41.0 Å². The van der Waals surface area contributed by atoms with Gasteiger partial charge in [-0.25, -0.2) is 0 Å². The Morgan fingerprint density at radius 3 is 2.46 bits per heavy atom. The number of nitrogens with zero attached hydrogens (tertiary/aromatic N) is 6. The van der Waals surface area contributed by atoms with Crippen molar-refractivity contribution in [1.82, 2.24) is 14.9 Å². The van der Waals surface area contributed by atoms with Crippen LogP contribution in [0.15, 0.2) is 41.8 Å². The van der Waals surface area contributed by atoms with Crippen molar-refractivity contribution in [3.05, 3.63) is 52.8 Å². The molecule has 4 heterocycles. The maximum absolute atomic E-state index is 13.3. The fourth-order valence-electron chi connectivity index (χ4n) is 5.41. The van der Waals surface area contributed by atoms with E-state index >= 15 is 0 Å². The molecule has 5 rings (SSSR count). The molecule has 0 bridgehead atoms. The summed E-state index contributed by atoms with van der Waals surface area (Å²) in [5.74, 6) is -0.00929. The number of fused-ring (bicyclic) bond motifs is 1. The van der Waals surface area contributed by atoms with E-state index in [9.17, 15) is 9.59 Å². The van der Waals surface area contributed by atoms with Crippen LogP contribution in [0.4, 0.5) is 11.4 Å². The third-order valence-corrected chi connectivity index (χ3v) is 7.45. The van der Waals surface area contributed by atoms with E-state index < -0.39 is 5.54 Å². The molecule has 8 nitrogen and oxygen atoms in total. The van der Waals surface area contributed by atoms with Crippen molar-refractivity contribution in [1.29, 1.82) is 0 Å². The second-order valence-electron chi connectivity index (χ2n) is 10.0. The molecular formula is C26H31ClN6O2. The smallest absolute Gasteiger partial charge is 0.259 e. The highest BCUT2D eigenvalue weighted by Gasteiger charge is 2.44. The number of carbonyl (C=O) groups excluding carboxylic acids is 2. The summed E-state index contributed by atoms with van der Waals surface area (Å²) in [6.45, 7) is 7.82. The molecule has 0 N–H and O–H groups in total. The number of carbonyl (C=O) groups is 2. The lowest BCUT2D eigenvalue weighted by Crippen LogP contribution is -2.43. The first-order valence-electron chi connectivity index (χ1n) is 12.1. The van der Waals surface area contributed by atoms with E-state index in [0.29, 0.717) is 17.1 Å². The van der Waals surface area contributed by atoms with E-state index in [-0.39, 0.29) is 17.7 Å². The van der Waals surface area contributed by atoms with Crippen molar-refractivity contribution in [3.8, 4) is 0 Å². The van der Waals surface area contributed by atoms with Crippen LogP contribution in [-0.2, 0) is 10.3 Å². The minimum Gasteiger partial charge on any atom is -0.370 e. The molecule has 35 heavy (non-hydrogen) atoms. The van der Waals surface area contributed by atoms with Crippen molar-refractivity contribution in [2.45, 2.75) is 32.2 Å². The average molecular weight is 495 g/mol. The molecule has 1 aromatic carbocycles. The highest BCUT2D eigenvalue weighted by molar-refractivity contribution is 6.31. The van der Waals surface area contributed by atoms with Crippen molar-refractivity contribution in [2.24, 2.45) is 11.0 Å². The summed E-state index contributed by atoms with van der Waals surface area (Å²) in [7, 11) is 1.89. The molecule has 3 aliphatic rings. The summed E-state index contributed by atoms with van der Waals surface area (Å²) in [5, 5.41) is 6.65. The van der Waals surface area contributed by atoms with E-state index in [1.807, 2.05) is 48.0 Å². The highest BCUT2D eigenvalue weighted by atomic mass is 35.5. The second-order valence-corrected chi connectivity index (χ2v) is 10.5. The summed E-state index contributed by atoms with van der Waals surface area (Å²) in [6.07, 6.45) is 7.11. The molecule has 1 unspecified atom stereocenters. The third-order valence-electron chi connectivity index (χ3n) is 7.21. The number of amides is 2. The zero-order chi connectivity index (χ0) is 24.7. The first-order valence-corrected chi connectivity index (χ1v) is 12.5. The molecule has 1 atom stereocenters. The van der Waals surface area contributed by atoms with Gasteiger partial charge in [-0.3, -0.25) is 24.5 Å². The Labute approximate surface area is 211 Å². The van der Waals surface area contributed by atoms with Gasteiger partial charge in [-0.05, 0) is 56.5 Å². The monoisotopic (exact) mass is 494 g/mol. The number of benzene rings is 1. The maximum Gasteiger partial charge on any atom is 0.259 e. The lowest BCUT2D eigenvalue weighted by atomic mass is 9.93. The minimum absolute atomic E-state index is 0.0384. The van der Waals surface area contributed by atoms with Crippen LogP contribution in [0, 0.1) is 5.92 Å². The molecule has 1 aromatic heterocycles. The normalized spacial score (nSPS) is 21.8. The van der Waals surface area contributed by atoms with Crippen LogP contribution in [0.3, 0.4) is 0 Å². The molecule has 0 spiro atoms. The zero-order valence-electron chi connectivity index (χ0n) is 20.4. The molecule has 0 radical (unpaired) electrons. The van der Waals surface area contributed by atoms with Gasteiger partial charge in [0.2, 0.25) is 5.91 Å². The van der Waals surface area contributed by atoms with E-state index in [1.165, 1.54) is 0 Å². The second kappa shape index (κ2) is 9.15. The van der Waals surface area contributed by atoms with E-state index in [0.717, 1.165) is 56.0 Å². The van der Waals surface area contributed by atoms with Gasteiger partial charge >= 0.3 is 0 Å². The summed E-state index contributed by atoms with van der Waals surface area (Å²) >= 11 is 6.24. The molecule has 184 valence electrons. The van der Waals surface area contributed by atoms with Gasteiger partial charge in [0.15, 0.2) is 0 Å². The molecule has 1 saturated heterocycles. The molecule has 1 fully saturated rings. The van der Waals surface area contributed by atoms with E-state index in [4.69, 9.17) is 11.6 Å². The third kappa shape index (κ3) is 4.35. The van der Waals surface area contributed by atoms with Crippen LogP contribution in [0.1, 0.15) is 42.6 Å². The Hall–Kier alpha value is -3.13. The summed E-state index contributed by atoms with van der Waals surface area (Å²) < 4.78 is 0. The van der Waals surface area contributed by atoms with Crippen molar-refractivity contribution < 1.29 is 9.59 Å². The standard InChI is InChI=1S/C26H31ClN6O2/c1-26(2)23-12-19(27)6-7-22(23)25(35)33(26)21-13-20(15-28-16-21)31-8-4-10-32(11-5-9-31)24(34)18-14-29-30(3)17-18/h6-7,12-16,18H,4-5,8-11,17H2,1-3H3. The number of anilines is 2. The van der Waals surface area contributed by atoms with Gasteiger partial charge in [-0.2, -0.15) is 5.10 Å². The quantitative estimate of drug-likeness (QED) is 0.651. The van der Waals surface area contributed by atoms with Gasteiger partial charge in [0.1, 0.15) is 0 Å². The first kappa shape index (κ1) is 23.6. The van der Waals surface area contributed by atoms with Crippen LogP contribution >= 0.6 is 11.6 Å². The molecule has 0 aliphatic carbocycles. The number of hydrogen-bond acceptors (Lipinski definition) is 6. The van der Waals surface area contributed by atoms with Gasteiger partial charge < -0.3 is 9.80 Å². The molecule has 0 saturated carbocycles. The number of hydrazone groups is 1. The fraction of sp³-hybridized carbons (Fsp3) is 0.462. The number of aromatic nitrogens is 1. The fourth-order valence-corrected chi connectivity index (χ4v) is 5.58. The van der Waals surface area contributed by atoms with Crippen LogP contribution < -0.4 is 9.80 Å². The van der Waals surface area contributed by atoms with Crippen molar-refractivity contribution in [3.63, 3.8) is 0 Å². The largest absolute Gasteiger partial charge is 0.370 e. The summed E-state index contributed by atoms with van der Waals surface area (Å²) in [6, 6.07) is 7.50. The number of hydrogen-bond donors (Lipinski definition) is 0. The topological polar surface area (TPSA) is 72.4 Å². The lowest BCUT2D eigenvalue weighted by molar-refractivity contribution is -0.133. The minimum atomic E-state index is -0.535. The Morgan fingerprint density at radius 2 is 1.77 bits per heavy atom. The Kier molecular flexibility index (Phi) is 6.17. The lowest BCUT2D eigenvalue weighted by Gasteiger charge is -2.34. The molecule has 2 amide bonds. The van der Waals surface area contributed by atoms with Gasteiger partial charge in [-0.15, -0.1) is 0 Å². The van der Waals surface area contributed by atoms with Gasteiger partial charge in [0.05, 0.1) is 41.8 Å². The summed E-state index contributed by atoms with van der Waals surface area (Å²) in [4.78, 5) is 36.8. The van der Waals surface area contributed by atoms with Crippen LogP contribution in [0.5, 0.6) is 0 Å². The van der Waals surface area contributed by atoms with Gasteiger partial charge in [0, 0.05) is 50.0 Å². The summed E-state index contributed by atoms with van der Waals surface area (Å²) in [5.41, 5.74) is 2.83. The van der Waals surface area contributed by atoms with E-state index in [2.05, 4.69) is 21.1 Å². The Bertz CT molecular complexity index is 1170. The van der Waals surface area contributed by atoms with Crippen LogP contribution in [0.2, 0.25) is 5.02 Å². The molecule has 2 aromatic rings. The van der Waals surface area contributed by atoms with E-state index in [1.54, 1.807) is 24.5 Å². The molecule has 3 aliphatic heterocycles. The predicted molar refractivity (Wildman–Crippen MR) is 138 cm³/mol. The Balaban J connectivity index is 1.30. The van der Waals surface area contributed by atoms with Gasteiger partial charge in [0.25, 0.3) is 5.91 Å². The van der Waals surface area contributed by atoms with Crippen LogP contribution in [0.25, 0.3) is 0 Å². The first-order chi connectivity index (χ1) is 16.8. The number of halogens is 1. The SMILES string of the molecule is CN1CC(C(=O)N2CCCN(c3cncc(N4C(=O)c5ccc(Cl)cc5C4(C)C)c3)CCC2)C=N1. The number of pyridine rings is 1. The van der Waals surface area contributed by atoms with Gasteiger partial charge in [-0.1, -0.05) is 11.6 Å².